The first-order chi connectivity index (χ1) is 34.9. The summed E-state index contributed by atoms with van der Waals surface area (Å²) in [5.41, 5.74) is 3.71. The van der Waals surface area contributed by atoms with Gasteiger partial charge >= 0.3 is 6.18 Å². The van der Waals surface area contributed by atoms with Gasteiger partial charge in [0.1, 0.15) is 5.54 Å². The first-order valence-electron chi connectivity index (χ1n) is 25.0. The van der Waals surface area contributed by atoms with Crippen LogP contribution in [-0.4, -0.2) is 110 Å². The molecule has 5 aromatic rings. The highest BCUT2D eigenvalue weighted by Gasteiger charge is 2.51. The summed E-state index contributed by atoms with van der Waals surface area (Å²) in [6.45, 7) is 11.4. The molecule has 2 amide bonds. The average Bonchev–Trinajstić information content (AvgIpc) is 4.04. The van der Waals surface area contributed by atoms with Crippen LogP contribution >= 0.6 is 12.2 Å². The zero-order valence-corrected chi connectivity index (χ0v) is 42.2. The Kier molecular flexibility index (Phi) is 13.6. The third-order valence-corrected chi connectivity index (χ3v) is 15.7. The van der Waals surface area contributed by atoms with Crippen molar-refractivity contribution >= 4 is 57.7 Å². The Balaban J connectivity index is 0.740. The molecule has 14 nitrogen and oxygen atoms in total. The highest BCUT2D eigenvalue weighted by molar-refractivity contribution is 7.81. The fourth-order valence-corrected chi connectivity index (χ4v) is 11.9. The van der Waals surface area contributed by atoms with E-state index in [1.54, 1.807) is 61.9 Å². The number of halogens is 5. The second kappa shape index (κ2) is 19.8. The molecule has 0 radical (unpaired) electrons. The lowest BCUT2D eigenvalue weighted by atomic mass is 9.92. The number of rotatable bonds is 11. The van der Waals surface area contributed by atoms with Crippen LogP contribution in [0, 0.1) is 11.3 Å². The van der Waals surface area contributed by atoms with Crippen LogP contribution in [0.3, 0.4) is 0 Å². The number of nitrogens with zero attached hydrogens (tertiary/aromatic N) is 11. The zero-order valence-electron chi connectivity index (χ0n) is 41.3. The minimum Gasteiger partial charge on any atom is -0.377 e. The molecule has 384 valence electrons. The number of amides is 2. The number of nitriles is 1. The van der Waals surface area contributed by atoms with Gasteiger partial charge in [-0.05, 0) is 130 Å². The van der Waals surface area contributed by atoms with Crippen molar-refractivity contribution in [2.75, 3.05) is 72.0 Å². The van der Waals surface area contributed by atoms with Gasteiger partial charge in [-0.3, -0.25) is 23.9 Å². The van der Waals surface area contributed by atoms with Gasteiger partial charge in [0.05, 0.1) is 54.4 Å². The Bertz CT molecular complexity index is 2970. The number of likely N-dealkylation sites (tertiary alicyclic amines) is 1. The van der Waals surface area contributed by atoms with Gasteiger partial charge < -0.3 is 29.2 Å². The molecule has 10 rings (SSSR count). The molecule has 0 unspecified atom stereocenters. The Labute approximate surface area is 426 Å². The van der Waals surface area contributed by atoms with Crippen LogP contribution in [0.2, 0.25) is 0 Å². The summed E-state index contributed by atoms with van der Waals surface area (Å²) < 4.78 is 81.3. The summed E-state index contributed by atoms with van der Waals surface area (Å²) in [6, 6.07) is 16.1. The fraction of sp³-hybridized carbons (Fsp3) is 0.472. The van der Waals surface area contributed by atoms with Gasteiger partial charge in [-0.2, -0.15) is 28.6 Å². The van der Waals surface area contributed by atoms with E-state index in [4.69, 9.17) is 22.1 Å². The first-order valence-corrected chi connectivity index (χ1v) is 25.4. The molecule has 0 bridgehead atoms. The molecule has 5 aliphatic rings. The quantitative estimate of drug-likeness (QED) is 0.0930. The minimum atomic E-state index is -4.79. The summed E-state index contributed by atoms with van der Waals surface area (Å²) in [4.78, 5) is 37.8. The maximum atomic E-state index is 14.8. The van der Waals surface area contributed by atoms with Gasteiger partial charge in [0, 0.05) is 112 Å². The number of thiocarbonyl (C=S) groups is 1. The van der Waals surface area contributed by atoms with Crippen LogP contribution in [-0.2, 0) is 46.9 Å². The Morgan fingerprint density at radius 3 is 2.32 bits per heavy atom. The van der Waals surface area contributed by atoms with Gasteiger partial charge in [0.25, 0.3) is 12.3 Å². The van der Waals surface area contributed by atoms with Crippen LogP contribution in [0.25, 0.3) is 11.1 Å². The van der Waals surface area contributed by atoms with E-state index in [0.29, 0.717) is 49.5 Å². The van der Waals surface area contributed by atoms with Crippen LogP contribution in [0.1, 0.15) is 98.9 Å². The largest absolute Gasteiger partial charge is 0.417 e. The maximum Gasteiger partial charge on any atom is 0.417 e. The van der Waals surface area contributed by atoms with Crippen molar-refractivity contribution in [1.82, 2.24) is 29.4 Å². The van der Waals surface area contributed by atoms with Crippen molar-refractivity contribution in [3.05, 3.63) is 101 Å². The molecule has 7 heterocycles. The van der Waals surface area contributed by atoms with Gasteiger partial charge in [-0.15, -0.1) is 0 Å². The molecule has 0 N–H and O–H groups in total. The lowest BCUT2D eigenvalue weighted by molar-refractivity contribution is -0.137. The lowest BCUT2D eigenvalue weighted by Crippen LogP contribution is -2.44. The first kappa shape index (κ1) is 50.1. The number of fused-ring (bicyclic) bond motifs is 2. The second-order valence-corrected chi connectivity index (χ2v) is 20.6. The summed E-state index contributed by atoms with van der Waals surface area (Å²) in [5, 5.41) is 18.9. The smallest absolute Gasteiger partial charge is 0.377 e. The van der Waals surface area contributed by atoms with Crippen molar-refractivity contribution in [3.63, 3.8) is 0 Å². The molecule has 5 aliphatic heterocycles. The molecule has 0 atom stereocenters. The normalized spacial score (nSPS) is 19.0. The maximum absolute atomic E-state index is 14.8. The van der Waals surface area contributed by atoms with Gasteiger partial charge in [0.2, 0.25) is 5.91 Å². The number of carbonyl (C=O) groups excluding carboxylic acids is 2. The van der Waals surface area contributed by atoms with E-state index in [-0.39, 0.29) is 34.4 Å². The van der Waals surface area contributed by atoms with E-state index in [0.717, 1.165) is 122 Å². The highest BCUT2D eigenvalue weighted by atomic mass is 32.1. The Hall–Kier alpha value is -6.43. The van der Waals surface area contributed by atoms with Crippen molar-refractivity contribution in [3.8, 4) is 17.2 Å². The summed E-state index contributed by atoms with van der Waals surface area (Å²) in [5.74, 6) is 0.278. The van der Waals surface area contributed by atoms with E-state index in [1.807, 2.05) is 35.2 Å². The van der Waals surface area contributed by atoms with Crippen LogP contribution < -0.4 is 19.6 Å². The summed E-state index contributed by atoms with van der Waals surface area (Å²) in [6.07, 6.45) is 1.83. The number of aromatic nitrogens is 4. The third kappa shape index (κ3) is 9.55. The summed E-state index contributed by atoms with van der Waals surface area (Å²) in [7, 11) is 1.78. The third-order valence-electron chi connectivity index (χ3n) is 15.3. The van der Waals surface area contributed by atoms with E-state index < -0.39 is 35.2 Å². The zero-order chi connectivity index (χ0) is 51.5. The molecule has 0 aliphatic carbocycles. The standard InChI is InChI=1S/C53H58F5N11O3S/c1-33(70)65-23-17-46-44(32-65)49(66-18-5-6-34-26-42(36-30-60-62(4)31-36)43(48(54)55)28-47(34)66)61-69(46)39-13-19-63(20-14-39)24-25-72-41-15-21-64(22-16-41)37-9-11-38(12-10-37)68-51(73)67(50(71)52(68,2)3)40-8-7-35(29-59)45(27-40)53(56,57)58/h7-12,26-28,30-31,39,41,48H,5-6,13-25,32H2,1-4H3. The van der Waals surface area contributed by atoms with Crippen LogP contribution in [0.4, 0.5) is 50.5 Å². The SMILES string of the molecule is CC(=O)N1CCc2c(c(N3CCCc4cc(-c5cnn(C)c5)c(C(F)F)cc43)nn2C2CCN(CCOC3CCN(c4ccc(N5C(=S)N(c6ccc(C#N)c(C(F)(F)F)c6)C(=O)C5(C)C)cc4)CC3)CC2)C1. The molecule has 3 fully saturated rings. The minimum absolute atomic E-state index is 0.00111. The van der Waals surface area contributed by atoms with Gasteiger partial charge in [-0.25, -0.2) is 8.78 Å². The van der Waals surface area contributed by atoms with E-state index >= 15 is 0 Å². The average molecular weight is 1020 g/mol. The summed E-state index contributed by atoms with van der Waals surface area (Å²) >= 11 is 5.73. The Morgan fingerprint density at radius 2 is 1.66 bits per heavy atom. The molecular weight excluding hydrogens is 966 g/mol. The number of hydrogen-bond donors (Lipinski definition) is 0. The number of benzene rings is 3. The van der Waals surface area contributed by atoms with Crippen molar-refractivity contribution in [1.29, 1.82) is 5.26 Å². The van der Waals surface area contributed by atoms with Crippen LogP contribution in [0.15, 0.2) is 67.0 Å². The number of piperidine rings is 2. The number of hydrogen-bond acceptors (Lipinski definition) is 10. The number of alkyl halides is 5. The van der Waals surface area contributed by atoms with Crippen molar-refractivity contribution in [2.24, 2.45) is 7.05 Å². The highest BCUT2D eigenvalue weighted by Crippen LogP contribution is 2.45. The molecule has 20 heteroatoms. The Morgan fingerprint density at radius 1 is 0.945 bits per heavy atom. The molecule has 2 aromatic heterocycles. The van der Waals surface area contributed by atoms with Gasteiger partial charge in [-0.1, -0.05) is 0 Å². The molecule has 0 saturated carbocycles. The van der Waals surface area contributed by atoms with Gasteiger partial charge in [0.15, 0.2) is 10.9 Å². The molecule has 3 saturated heterocycles. The second-order valence-electron chi connectivity index (χ2n) is 20.2. The lowest BCUT2D eigenvalue weighted by Gasteiger charge is -2.36. The predicted octanol–water partition coefficient (Wildman–Crippen LogP) is 9.34. The molecule has 73 heavy (non-hydrogen) atoms. The number of aryl methyl sites for hydroxylation is 2. The topological polar surface area (TPSA) is 122 Å². The van der Waals surface area contributed by atoms with Crippen molar-refractivity contribution in [2.45, 2.75) is 103 Å². The molecular formula is C53H58F5N11O3S. The number of ether oxygens (including phenoxy) is 1. The monoisotopic (exact) mass is 1020 g/mol. The van der Waals surface area contributed by atoms with E-state index in [9.17, 15) is 36.8 Å². The van der Waals surface area contributed by atoms with E-state index in [1.165, 1.54) is 6.07 Å². The molecule has 0 spiro atoms. The predicted molar refractivity (Wildman–Crippen MR) is 271 cm³/mol. The number of anilines is 5. The van der Waals surface area contributed by atoms with E-state index in [2.05, 4.69) is 24.5 Å². The van der Waals surface area contributed by atoms with Crippen molar-refractivity contribution < 1.29 is 36.3 Å². The molecule has 3 aromatic carbocycles. The number of carbonyl (C=O) groups is 2. The fourth-order valence-electron chi connectivity index (χ4n) is 11.4. The van der Waals surface area contributed by atoms with Crippen LogP contribution in [0.5, 0.6) is 0 Å².